The summed E-state index contributed by atoms with van der Waals surface area (Å²) in [7, 11) is 0. The highest BCUT2D eigenvalue weighted by Gasteiger charge is 2.21. The van der Waals surface area contributed by atoms with Gasteiger partial charge in [-0.3, -0.25) is 10.2 Å². The summed E-state index contributed by atoms with van der Waals surface area (Å²) in [6.07, 6.45) is -0.230. The summed E-state index contributed by atoms with van der Waals surface area (Å²) >= 11 is 0. The highest BCUT2D eigenvalue weighted by atomic mass is 19.1. The lowest BCUT2D eigenvalue weighted by Crippen LogP contribution is -2.44. The van der Waals surface area contributed by atoms with E-state index in [-0.39, 0.29) is 5.82 Å². The monoisotopic (exact) mass is 459 g/mol. The van der Waals surface area contributed by atoms with Gasteiger partial charge in [0.2, 0.25) is 0 Å². The second-order valence-corrected chi connectivity index (χ2v) is 8.99. The number of benzene rings is 3. The average molecular weight is 460 g/mol. The number of H-pyrrole nitrogens is 1. The molecular formula is C27H26FN3O3. The third kappa shape index (κ3) is 5.43. The maximum absolute atomic E-state index is 13.3. The van der Waals surface area contributed by atoms with Crippen LogP contribution in [0.25, 0.3) is 22.0 Å². The van der Waals surface area contributed by atoms with Crippen LogP contribution in [0.3, 0.4) is 0 Å². The normalized spacial score (nSPS) is 11.3. The molecule has 0 saturated heterocycles. The molecule has 3 N–H and O–H groups in total. The van der Waals surface area contributed by atoms with E-state index in [1.165, 1.54) is 12.1 Å². The summed E-state index contributed by atoms with van der Waals surface area (Å²) in [5, 5.41) is 0.886. The van der Waals surface area contributed by atoms with E-state index in [0.29, 0.717) is 12.1 Å². The van der Waals surface area contributed by atoms with E-state index in [2.05, 4.69) is 15.8 Å². The van der Waals surface area contributed by atoms with E-state index < -0.39 is 17.6 Å². The molecule has 1 aromatic heterocycles. The number of nitrogens with one attached hydrogen (secondary N) is 3. The van der Waals surface area contributed by atoms with Crippen LogP contribution in [0.15, 0.2) is 72.8 Å². The molecule has 0 aliphatic heterocycles. The van der Waals surface area contributed by atoms with Crippen LogP contribution in [-0.2, 0) is 11.2 Å². The summed E-state index contributed by atoms with van der Waals surface area (Å²) in [5.41, 5.74) is 8.73. The summed E-state index contributed by atoms with van der Waals surface area (Å²) in [6.45, 7) is 5.22. The Bertz CT molecular complexity index is 1320. The summed E-state index contributed by atoms with van der Waals surface area (Å²) in [4.78, 5) is 28.2. The minimum absolute atomic E-state index is 0.300. The number of rotatable bonds is 4. The zero-order chi connectivity index (χ0) is 24.3. The first-order chi connectivity index (χ1) is 16.2. The lowest BCUT2D eigenvalue weighted by atomic mass is 9.99. The van der Waals surface area contributed by atoms with Crippen LogP contribution in [0.5, 0.6) is 0 Å². The molecule has 4 rings (SSSR count). The van der Waals surface area contributed by atoms with Crippen LogP contribution in [0, 0.1) is 5.82 Å². The van der Waals surface area contributed by atoms with Gasteiger partial charge in [0, 0.05) is 17.3 Å². The highest BCUT2D eigenvalue weighted by Crippen LogP contribution is 2.30. The Balaban J connectivity index is 1.68. The van der Waals surface area contributed by atoms with Crippen LogP contribution in [-0.4, -0.2) is 22.6 Å². The third-order valence-electron chi connectivity index (χ3n) is 5.21. The zero-order valence-corrected chi connectivity index (χ0v) is 19.2. The molecule has 0 fully saturated rings. The summed E-state index contributed by atoms with van der Waals surface area (Å²) < 4.78 is 18.5. The quantitative estimate of drug-likeness (QED) is 0.341. The van der Waals surface area contributed by atoms with Crippen molar-refractivity contribution in [2.45, 2.75) is 32.8 Å². The smallest absolute Gasteiger partial charge is 0.426 e. The molecule has 1 heterocycles. The number of halogens is 1. The molecule has 4 aromatic rings. The number of hydrogen-bond donors (Lipinski definition) is 3. The Kier molecular flexibility index (Phi) is 6.36. The lowest BCUT2D eigenvalue weighted by Gasteiger charge is -2.19. The number of fused-ring (bicyclic) bond motifs is 1. The molecule has 6 nitrogen and oxygen atoms in total. The SMILES string of the molecule is CC(C)(C)OC(=O)NNC(=O)c1[nH]c2cc(-c3ccc(F)cc3)ccc2c1Cc1ccccc1. The molecule has 0 spiro atoms. The highest BCUT2D eigenvalue weighted by molar-refractivity contribution is 6.02. The van der Waals surface area contributed by atoms with Gasteiger partial charge < -0.3 is 9.72 Å². The Hall–Kier alpha value is -4.13. The van der Waals surface area contributed by atoms with Crippen molar-refractivity contribution in [2.24, 2.45) is 0 Å². The molecule has 0 aliphatic carbocycles. The molecule has 0 bridgehead atoms. The van der Waals surface area contributed by atoms with Gasteiger partial charge in [0.1, 0.15) is 17.1 Å². The maximum atomic E-state index is 13.3. The first-order valence-electron chi connectivity index (χ1n) is 10.9. The minimum Gasteiger partial charge on any atom is -0.443 e. The predicted molar refractivity (Wildman–Crippen MR) is 130 cm³/mol. The molecule has 7 heteroatoms. The Morgan fingerprint density at radius 1 is 0.912 bits per heavy atom. The molecule has 34 heavy (non-hydrogen) atoms. The third-order valence-corrected chi connectivity index (χ3v) is 5.21. The van der Waals surface area contributed by atoms with E-state index in [4.69, 9.17) is 4.74 Å². The number of hydrazine groups is 1. The van der Waals surface area contributed by atoms with Crippen molar-refractivity contribution in [3.63, 3.8) is 0 Å². The van der Waals surface area contributed by atoms with Crippen molar-refractivity contribution in [3.8, 4) is 11.1 Å². The number of ether oxygens (including phenoxy) is 1. The molecule has 0 unspecified atom stereocenters. The minimum atomic E-state index is -0.750. The zero-order valence-electron chi connectivity index (χ0n) is 19.2. The van der Waals surface area contributed by atoms with Gasteiger partial charge in [-0.15, -0.1) is 0 Å². The van der Waals surface area contributed by atoms with Gasteiger partial charge >= 0.3 is 6.09 Å². The van der Waals surface area contributed by atoms with Crippen LogP contribution in [0.1, 0.15) is 42.4 Å². The van der Waals surface area contributed by atoms with Crippen molar-refractivity contribution >= 4 is 22.9 Å². The van der Waals surface area contributed by atoms with E-state index >= 15 is 0 Å². The van der Waals surface area contributed by atoms with Gasteiger partial charge in [0.25, 0.3) is 5.91 Å². The fourth-order valence-corrected chi connectivity index (χ4v) is 3.73. The number of aromatic nitrogens is 1. The Labute approximate surface area is 197 Å². The van der Waals surface area contributed by atoms with E-state index in [1.54, 1.807) is 32.9 Å². The average Bonchev–Trinajstić information content (AvgIpc) is 3.15. The summed E-state index contributed by atoms with van der Waals surface area (Å²) in [5.74, 6) is -0.789. The van der Waals surface area contributed by atoms with Gasteiger partial charge in [-0.25, -0.2) is 14.6 Å². The maximum Gasteiger partial charge on any atom is 0.426 e. The van der Waals surface area contributed by atoms with Crippen LogP contribution in [0.4, 0.5) is 9.18 Å². The molecular weight excluding hydrogens is 433 g/mol. The van der Waals surface area contributed by atoms with E-state index in [0.717, 1.165) is 33.2 Å². The fourth-order valence-electron chi connectivity index (χ4n) is 3.73. The topological polar surface area (TPSA) is 83.2 Å². The van der Waals surface area contributed by atoms with Crippen molar-refractivity contribution in [3.05, 3.63) is 95.4 Å². The van der Waals surface area contributed by atoms with Gasteiger partial charge in [-0.05, 0) is 61.2 Å². The standard InChI is InChI=1S/C27H26FN3O3/c1-27(2,3)34-26(33)31-30-25(32)24-22(15-17-7-5-4-6-8-17)21-14-11-19(16-23(21)29-24)18-9-12-20(28)13-10-18/h4-14,16,29H,15H2,1-3H3,(H,30,32)(H,31,33). The van der Waals surface area contributed by atoms with Crippen molar-refractivity contribution in [1.82, 2.24) is 15.8 Å². The first-order valence-corrected chi connectivity index (χ1v) is 10.9. The molecule has 0 radical (unpaired) electrons. The number of carbonyl (C=O) groups excluding carboxylic acids is 2. The van der Waals surface area contributed by atoms with Crippen LogP contribution in [0.2, 0.25) is 0 Å². The van der Waals surface area contributed by atoms with E-state index in [9.17, 15) is 14.0 Å². The van der Waals surface area contributed by atoms with Gasteiger partial charge in [-0.2, -0.15) is 0 Å². The van der Waals surface area contributed by atoms with Crippen LogP contribution < -0.4 is 10.9 Å². The van der Waals surface area contributed by atoms with Crippen molar-refractivity contribution < 1.29 is 18.7 Å². The predicted octanol–water partition coefficient (Wildman–Crippen LogP) is 5.73. The van der Waals surface area contributed by atoms with Crippen LogP contribution >= 0.6 is 0 Å². The number of hydrogen-bond acceptors (Lipinski definition) is 3. The first kappa shape index (κ1) is 23.0. The molecule has 0 aliphatic rings. The lowest BCUT2D eigenvalue weighted by molar-refractivity contribution is 0.0483. The van der Waals surface area contributed by atoms with Gasteiger partial charge in [0.15, 0.2) is 0 Å². The molecule has 3 aromatic carbocycles. The number of aromatic amines is 1. The molecule has 174 valence electrons. The van der Waals surface area contributed by atoms with Gasteiger partial charge in [-0.1, -0.05) is 54.6 Å². The Morgan fingerprint density at radius 3 is 2.26 bits per heavy atom. The molecule has 2 amide bonds. The second-order valence-electron chi connectivity index (χ2n) is 8.99. The fraction of sp³-hybridized carbons (Fsp3) is 0.185. The summed E-state index contributed by atoms with van der Waals surface area (Å²) in [6, 6.07) is 21.9. The second kappa shape index (κ2) is 9.39. The number of carbonyl (C=O) groups is 2. The largest absolute Gasteiger partial charge is 0.443 e. The number of amides is 2. The van der Waals surface area contributed by atoms with Gasteiger partial charge in [0.05, 0.1) is 0 Å². The Morgan fingerprint density at radius 2 is 1.59 bits per heavy atom. The molecule has 0 saturated carbocycles. The van der Waals surface area contributed by atoms with Crippen molar-refractivity contribution in [1.29, 1.82) is 0 Å². The molecule has 0 atom stereocenters. The van der Waals surface area contributed by atoms with Crippen molar-refractivity contribution in [2.75, 3.05) is 0 Å². The van der Waals surface area contributed by atoms with E-state index in [1.807, 2.05) is 48.5 Å².